The first kappa shape index (κ1) is 18.0. The number of benzene rings is 2. The van der Waals surface area contributed by atoms with Crippen molar-refractivity contribution in [1.82, 2.24) is 10.2 Å². The molecule has 0 aliphatic heterocycles. The molecular weight excluding hydrogens is 370 g/mol. The number of aromatic nitrogens is 2. The molecule has 3 rings (SSSR count). The minimum Gasteiger partial charge on any atom is -0.296 e. The lowest BCUT2D eigenvalue weighted by Crippen LogP contribution is -2.13. The van der Waals surface area contributed by atoms with Crippen LogP contribution in [0.4, 0.5) is 5.13 Å². The van der Waals surface area contributed by atoms with Gasteiger partial charge in [-0.2, -0.15) is 0 Å². The first-order valence-corrected chi connectivity index (χ1v) is 10.6. The summed E-state index contributed by atoms with van der Waals surface area (Å²) in [5.74, 6) is 0.683. The normalized spacial score (nSPS) is 10.6. The summed E-state index contributed by atoms with van der Waals surface area (Å²) in [6.45, 7) is 1.93. The number of carbonyl (C=O) groups excluding carboxylic acids is 1. The van der Waals surface area contributed by atoms with Crippen LogP contribution in [-0.4, -0.2) is 22.4 Å². The summed E-state index contributed by atoms with van der Waals surface area (Å²) in [5.41, 5.74) is 2.84. The Balaban J connectivity index is 1.64. The standard InChI is InChI=1S/C18H17N3OS3/c1-12-8-9-14(23-2)10-15(12)16(22)19-17-20-21-18(25-17)24-11-13-6-4-3-5-7-13/h3-10H,11H2,1-2H3,(H,19,20,22). The van der Waals surface area contributed by atoms with Crippen LogP contribution in [-0.2, 0) is 5.75 Å². The molecule has 0 fully saturated rings. The number of nitrogens with one attached hydrogen (secondary N) is 1. The highest BCUT2D eigenvalue weighted by Gasteiger charge is 2.13. The molecule has 0 bridgehead atoms. The van der Waals surface area contributed by atoms with Gasteiger partial charge < -0.3 is 0 Å². The molecule has 1 N–H and O–H groups in total. The maximum atomic E-state index is 12.5. The third kappa shape index (κ3) is 4.84. The van der Waals surface area contributed by atoms with Gasteiger partial charge in [0.25, 0.3) is 5.91 Å². The van der Waals surface area contributed by atoms with Crippen molar-refractivity contribution in [3.63, 3.8) is 0 Å². The van der Waals surface area contributed by atoms with E-state index in [4.69, 9.17) is 0 Å². The Morgan fingerprint density at radius 3 is 2.72 bits per heavy atom. The lowest BCUT2D eigenvalue weighted by molar-refractivity contribution is 0.102. The maximum absolute atomic E-state index is 12.5. The Morgan fingerprint density at radius 2 is 1.96 bits per heavy atom. The smallest absolute Gasteiger partial charge is 0.257 e. The Bertz CT molecular complexity index is 865. The van der Waals surface area contributed by atoms with Crippen molar-refractivity contribution in [1.29, 1.82) is 0 Å². The van der Waals surface area contributed by atoms with Gasteiger partial charge >= 0.3 is 0 Å². The van der Waals surface area contributed by atoms with Gasteiger partial charge in [0.05, 0.1) is 0 Å². The highest BCUT2D eigenvalue weighted by atomic mass is 32.2. The molecule has 25 heavy (non-hydrogen) atoms. The number of anilines is 1. The predicted molar refractivity (Wildman–Crippen MR) is 107 cm³/mol. The zero-order valence-corrected chi connectivity index (χ0v) is 16.3. The fourth-order valence-electron chi connectivity index (χ4n) is 2.18. The van der Waals surface area contributed by atoms with Crippen molar-refractivity contribution in [3.05, 3.63) is 65.2 Å². The Kier molecular flexibility index (Phi) is 6.12. The zero-order chi connectivity index (χ0) is 17.6. The van der Waals surface area contributed by atoms with Crippen LogP contribution in [0.1, 0.15) is 21.5 Å². The quantitative estimate of drug-likeness (QED) is 0.470. The predicted octanol–water partition coefficient (Wildman–Crippen LogP) is 5.11. The summed E-state index contributed by atoms with van der Waals surface area (Å²) in [4.78, 5) is 13.6. The maximum Gasteiger partial charge on any atom is 0.257 e. The van der Waals surface area contributed by atoms with E-state index in [-0.39, 0.29) is 5.91 Å². The van der Waals surface area contributed by atoms with Gasteiger partial charge in [0.2, 0.25) is 5.13 Å². The second-order valence-corrected chi connectivity index (χ2v) is 8.36. The number of nitrogens with zero attached hydrogens (tertiary/aromatic N) is 2. The van der Waals surface area contributed by atoms with Crippen LogP contribution in [0.5, 0.6) is 0 Å². The molecular formula is C18H17N3OS3. The topological polar surface area (TPSA) is 54.9 Å². The van der Waals surface area contributed by atoms with Crippen LogP contribution in [0.2, 0.25) is 0 Å². The van der Waals surface area contributed by atoms with Gasteiger partial charge in [-0.05, 0) is 36.4 Å². The van der Waals surface area contributed by atoms with Gasteiger partial charge in [-0.25, -0.2) is 0 Å². The van der Waals surface area contributed by atoms with Crippen LogP contribution >= 0.6 is 34.9 Å². The molecule has 0 radical (unpaired) electrons. The van der Waals surface area contributed by atoms with E-state index in [0.29, 0.717) is 10.7 Å². The molecule has 3 aromatic rings. The van der Waals surface area contributed by atoms with Gasteiger partial charge in [0.15, 0.2) is 4.34 Å². The van der Waals surface area contributed by atoms with Crippen molar-refractivity contribution >= 4 is 45.9 Å². The van der Waals surface area contributed by atoms with Crippen molar-refractivity contribution in [2.24, 2.45) is 0 Å². The minimum atomic E-state index is -0.149. The Labute approximate surface area is 159 Å². The van der Waals surface area contributed by atoms with Crippen LogP contribution in [0.3, 0.4) is 0 Å². The zero-order valence-electron chi connectivity index (χ0n) is 13.9. The van der Waals surface area contributed by atoms with Crippen LogP contribution in [0.15, 0.2) is 57.8 Å². The van der Waals surface area contributed by atoms with E-state index >= 15 is 0 Å². The first-order chi connectivity index (χ1) is 12.2. The summed E-state index contributed by atoms with van der Waals surface area (Å²) in [6.07, 6.45) is 1.99. The largest absolute Gasteiger partial charge is 0.296 e. The second-order valence-electron chi connectivity index (χ2n) is 5.28. The molecule has 0 aliphatic carbocycles. The molecule has 0 atom stereocenters. The van der Waals surface area contributed by atoms with E-state index in [0.717, 1.165) is 20.6 Å². The SMILES string of the molecule is CSc1ccc(C)c(C(=O)Nc2nnc(SCc3ccccc3)s2)c1. The second kappa shape index (κ2) is 8.51. The molecule has 0 unspecified atom stereocenters. The highest BCUT2D eigenvalue weighted by molar-refractivity contribution is 8.00. The van der Waals surface area contributed by atoms with Crippen LogP contribution < -0.4 is 5.32 Å². The summed E-state index contributed by atoms with van der Waals surface area (Å²) in [6, 6.07) is 16.1. The van der Waals surface area contributed by atoms with Crippen molar-refractivity contribution in [2.75, 3.05) is 11.6 Å². The van der Waals surface area contributed by atoms with Crippen molar-refractivity contribution in [3.8, 4) is 0 Å². The van der Waals surface area contributed by atoms with Crippen LogP contribution in [0, 0.1) is 6.92 Å². The molecule has 4 nitrogen and oxygen atoms in total. The summed E-state index contributed by atoms with van der Waals surface area (Å²) < 4.78 is 0.841. The van der Waals surface area contributed by atoms with Gasteiger partial charge in [0.1, 0.15) is 0 Å². The number of carbonyl (C=O) groups is 1. The molecule has 0 spiro atoms. The summed E-state index contributed by atoms with van der Waals surface area (Å²) in [5, 5.41) is 11.6. The molecule has 0 saturated carbocycles. The van der Waals surface area contributed by atoms with Crippen molar-refractivity contribution in [2.45, 2.75) is 21.9 Å². The van der Waals surface area contributed by atoms with E-state index in [1.807, 2.05) is 49.6 Å². The molecule has 1 aromatic heterocycles. The van der Waals surface area contributed by atoms with Gasteiger partial charge in [-0.15, -0.1) is 22.0 Å². The van der Waals surface area contributed by atoms with Gasteiger partial charge in [-0.3, -0.25) is 10.1 Å². The lowest BCUT2D eigenvalue weighted by Gasteiger charge is -2.06. The molecule has 7 heteroatoms. The fraction of sp³-hybridized carbons (Fsp3) is 0.167. The number of rotatable bonds is 6. The van der Waals surface area contributed by atoms with Gasteiger partial charge in [0, 0.05) is 16.2 Å². The van der Waals surface area contributed by atoms with E-state index in [9.17, 15) is 4.79 Å². The molecule has 128 valence electrons. The van der Waals surface area contributed by atoms with E-state index in [2.05, 4.69) is 27.6 Å². The third-order valence-corrected chi connectivity index (χ3v) is 6.29. The Hall–Kier alpha value is -1.83. The number of amides is 1. The van der Waals surface area contributed by atoms with E-state index in [1.165, 1.54) is 16.9 Å². The number of aryl methyl sites for hydroxylation is 1. The molecule has 1 heterocycles. The molecule has 0 aliphatic rings. The van der Waals surface area contributed by atoms with Gasteiger partial charge in [-0.1, -0.05) is 59.5 Å². The highest BCUT2D eigenvalue weighted by Crippen LogP contribution is 2.29. The molecule has 1 amide bonds. The average molecular weight is 388 g/mol. The first-order valence-electron chi connectivity index (χ1n) is 7.62. The molecule has 2 aromatic carbocycles. The Morgan fingerprint density at radius 1 is 1.16 bits per heavy atom. The molecule has 0 saturated heterocycles. The summed E-state index contributed by atoms with van der Waals surface area (Å²) in [7, 11) is 0. The third-order valence-electron chi connectivity index (χ3n) is 3.52. The van der Waals surface area contributed by atoms with E-state index in [1.54, 1.807) is 23.5 Å². The fourth-order valence-corrected chi connectivity index (χ4v) is 4.32. The lowest BCUT2D eigenvalue weighted by atomic mass is 10.1. The number of hydrogen-bond acceptors (Lipinski definition) is 6. The average Bonchev–Trinajstić information content (AvgIpc) is 3.08. The van der Waals surface area contributed by atoms with Crippen LogP contribution in [0.25, 0.3) is 0 Å². The van der Waals surface area contributed by atoms with Crippen molar-refractivity contribution < 1.29 is 4.79 Å². The number of hydrogen-bond donors (Lipinski definition) is 1. The number of thioether (sulfide) groups is 2. The minimum absolute atomic E-state index is 0.149. The monoisotopic (exact) mass is 387 g/mol. The summed E-state index contributed by atoms with van der Waals surface area (Å²) >= 11 is 4.63. The van der Waals surface area contributed by atoms with E-state index < -0.39 is 0 Å².